The summed E-state index contributed by atoms with van der Waals surface area (Å²) < 4.78 is 1.98. The van der Waals surface area contributed by atoms with E-state index in [0.29, 0.717) is 5.88 Å². The topological polar surface area (TPSA) is 30.7 Å². The summed E-state index contributed by atoms with van der Waals surface area (Å²) in [5.74, 6) is 1.18. The number of rotatable bonds is 3. The van der Waals surface area contributed by atoms with Crippen LogP contribution in [-0.4, -0.2) is 14.8 Å². The van der Waals surface area contributed by atoms with Crippen LogP contribution in [0, 0.1) is 0 Å². The largest absolute Gasteiger partial charge is 0.312 e. The molecular formula is C14H12ClN3. The third kappa shape index (κ3) is 1.97. The summed E-state index contributed by atoms with van der Waals surface area (Å²) in [6, 6.07) is 14.7. The molecule has 1 heterocycles. The number of nitrogens with zero attached hydrogens (tertiary/aromatic N) is 3. The van der Waals surface area contributed by atoms with E-state index in [9.17, 15) is 0 Å². The molecule has 0 aliphatic carbocycles. The molecule has 0 radical (unpaired) electrons. The number of halogens is 1. The number of aromatic nitrogens is 3. The van der Waals surface area contributed by atoms with E-state index < -0.39 is 0 Å². The van der Waals surface area contributed by atoms with Gasteiger partial charge in [0.15, 0.2) is 0 Å². The molecule has 0 aliphatic rings. The molecule has 0 aliphatic heterocycles. The van der Waals surface area contributed by atoms with E-state index in [-0.39, 0.29) is 0 Å². The second-order valence-corrected chi connectivity index (χ2v) is 4.41. The van der Waals surface area contributed by atoms with Crippen LogP contribution in [0.3, 0.4) is 0 Å². The fourth-order valence-corrected chi connectivity index (χ4v) is 2.34. The minimum atomic E-state index is 0.380. The molecule has 18 heavy (non-hydrogen) atoms. The van der Waals surface area contributed by atoms with Crippen LogP contribution in [0.1, 0.15) is 11.4 Å². The third-order valence-electron chi connectivity index (χ3n) is 3.04. The molecule has 3 nitrogen and oxygen atoms in total. The maximum Gasteiger partial charge on any atom is 0.148 e. The van der Waals surface area contributed by atoms with Gasteiger partial charge in [0.05, 0.1) is 12.4 Å². The molecule has 0 fully saturated rings. The van der Waals surface area contributed by atoms with E-state index in [0.717, 1.165) is 12.4 Å². The first-order chi connectivity index (χ1) is 8.88. The zero-order chi connectivity index (χ0) is 12.4. The molecule has 0 saturated carbocycles. The number of hydrogen-bond acceptors (Lipinski definition) is 2. The lowest BCUT2D eigenvalue weighted by atomic mass is 10.0. The van der Waals surface area contributed by atoms with E-state index in [1.165, 1.54) is 16.3 Å². The van der Waals surface area contributed by atoms with Crippen LogP contribution in [0.5, 0.6) is 0 Å². The Hall–Kier alpha value is -1.87. The highest BCUT2D eigenvalue weighted by Crippen LogP contribution is 2.19. The fraction of sp³-hybridized carbons (Fsp3) is 0.143. The van der Waals surface area contributed by atoms with Crippen LogP contribution in [-0.2, 0) is 12.4 Å². The first kappa shape index (κ1) is 11.2. The van der Waals surface area contributed by atoms with Crippen molar-refractivity contribution in [1.29, 1.82) is 0 Å². The molecule has 0 saturated heterocycles. The maximum atomic E-state index is 5.83. The first-order valence-electron chi connectivity index (χ1n) is 5.78. The Morgan fingerprint density at radius 3 is 2.78 bits per heavy atom. The molecule has 3 rings (SSSR count). The van der Waals surface area contributed by atoms with Crippen molar-refractivity contribution in [2.24, 2.45) is 0 Å². The highest BCUT2D eigenvalue weighted by Gasteiger charge is 2.05. The molecule has 0 atom stereocenters. The van der Waals surface area contributed by atoms with E-state index in [4.69, 9.17) is 11.6 Å². The molecule has 0 spiro atoms. The van der Waals surface area contributed by atoms with E-state index in [1.807, 2.05) is 4.57 Å². The summed E-state index contributed by atoms with van der Waals surface area (Å²) in [5.41, 5.74) is 1.25. The minimum Gasteiger partial charge on any atom is -0.312 e. The van der Waals surface area contributed by atoms with Crippen LogP contribution in [0.15, 0.2) is 48.8 Å². The number of hydrogen-bond donors (Lipinski definition) is 0. The normalized spacial score (nSPS) is 10.9. The van der Waals surface area contributed by atoms with Crippen molar-refractivity contribution in [2.45, 2.75) is 12.4 Å². The Balaban J connectivity index is 2.05. The van der Waals surface area contributed by atoms with Crippen LogP contribution in [0.25, 0.3) is 10.8 Å². The van der Waals surface area contributed by atoms with Crippen molar-refractivity contribution in [1.82, 2.24) is 14.8 Å². The highest BCUT2D eigenvalue weighted by atomic mass is 35.5. The van der Waals surface area contributed by atoms with Crippen molar-refractivity contribution in [3.8, 4) is 0 Å². The summed E-state index contributed by atoms with van der Waals surface area (Å²) in [7, 11) is 0. The molecule has 90 valence electrons. The predicted molar refractivity (Wildman–Crippen MR) is 72.6 cm³/mol. The molecule has 4 heteroatoms. The van der Waals surface area contributed by atoms with Gasteiger partial charge in [-0.3, -0.25) is 0 Å². The highest BCUT2D eigenvalue weighted by molar-refractivity contribution is 6.16. The van der Waals surface area contributed by atoms with Gasteiger partial charge in [-0.1, -0.05) is 42.5 Å². The van der Waals surface area contributed by atoms with Crippen LogP contribution in [0.4, 0.5) is 0 Å². The molecule has 3 aromatic rings. The molecule has 0 N–H and O–H groups in total. The maximum absolute atomic E-state index is 5.83. The average Bonchev–Trinajstić information content (AvgIpc) is 2.86. The fourth-order valence-electron chi connectivity index (χ4n) is 2.13. The number of alkyl halides is 1. The molecule has 1 aromatic heterocycles. The lowest BCUT2D eigenvalue weighted by Crippen LogP contribution is -2.03. The second-order valence-electron chi connectivity index (χ2n) is 4.15. The lowest BCUT2D eigenvalue weighted by Gasteiger charge is -2.08. The summed E-state index contributed by atoms with van der Waals surface area (Å²) in [4.78, 5) is 0. The molecule has 0 amide bonds. The third-order valence-corrected chi connectivity index (χ3v) is 3.27. The molecule has 0 unspecified atom stereocenters. The molecule has 0 bridgehead atoms. The van der Waals surface area contributed by atoms with Gasteiger partial charge >= 0.3 is 0 Å². The van der Waals surface area contributed by atoms with Gasteiger partial charge in [0.25, 0.3) is 0 Å². The van der Waals surface area contributed by atoms with Gasteiger partial charge in [-0.05, 0) is 16.3 Å². The standard InChI is InChI=1S/C14H12ClN3/c15-8-14-17-16-10-18(14)9-12-6-3-5-11-4-1-2-7-13(11)12/h1-7,10H,8-9H2. The van der Waals surface area contributed by atoms with Crippen LogP contribution < -0.4 is 0 Å². The van der Waals surface area contributed by atoms with Gasteiger partial charge < -0.3 is 4.57 Å². The Bertz CT molecular complexity index is 670. The first-order valence-corrected chi connectivity index (χ1v) is 6.31. The number of fused-ring (bicyclic) bond motifs is 1. The summed E-state index contributed by atoms with van der Waals surface area (Å²) in [6.45, 7) is 0.746. The van der Waals surface area contributed by atoms with Gasteiger partial charge in [0, 0.05) is 0 Å². The lowest BCUT2D eigenvalue weighted by molar-refractivity contribution is 0.759. The Morgan fingerprint density at radius 1 is 1.06 bits per heavy atom. The molecular weight excluding hydrogens is 246 g/mol. The van der Waals surface area contributed by atoms with Gasteiger partial charge in [0.1, 0.15) is 12.2 Å². The van der Waals surface area contributed by atoms with Gasteiger partial charge in [0.2, 0.25) is 0 Å². The van der Waals surface area contributed by atoms with Crippen molar-refractivity contribution in [3.63, 3.8) is 0 Å². The Morgan fingerprint density at radius 2 is 1.89 bits per heavy atom. The second kappa shape index (κ2) is 4.78. The van der Waals surface area contributed by atoms with E-state index >= 15 is 0 Å². The average molecular weight is 258 g/mol. The summed E-state index contributed by atoms with van der Waals surface area (Å²) >= 11 is 5.83. The van der Waals surface area contributed by atoms with E-state index in [2.05, 4.69) is 52.7 Å². The van der Waals surface area contributed by atoms with Crippen LogP contribution >= 0.6 is 11.6 Å². The quantitative estimate of drug-likeness (QED) is 0.675. The van der Waals surface area contributed by atoms with Crippen molar-refractivity contribution >= 4 is 22.4 Å². The Labute approximate surface area is 110 Å². The zero-order valence-corrected chi connectivity index (χ0v) is 10.5. The van der Waals surface area contributed by atoms with Gasteiger partial charge in [-0.25, -0.2) is 0 Å². The summed E-state index contributed by atoms with van der Waals surface area (Å²) in [6.07, 6.45) is 1.72. The van der Waals surface area contributed by atoms with Gasteiger partial charge in [-0.15, -0.1) is 21.8 Å². The summed E-state index contributed by atoms with van der Waals surface area (Å²) in [5, 5.41) is 10.4. The monoisotopic (exact) mass is 257 g/mol. The van der Waals surface area contributed by atoms with E-state index in [1.54, 1.807) is 6.33 Å². The van der Waals surface area contributed by atoms with Crippen LogP contribution in [0.2, 0.25) is 0 Å². The minimum absolute atomic E-state index is 0.380. The van der Waals surface area contributed by atoms with Gasteiger partial charge in [-0.2, -0.15) is 0 Å². The number of benzene rings is 2. The van der Waals surface area contributed by atoms with Crippen molar-refractivity contribution in [2.75, 3.05) is 0 Å². The predicted octanol–water partition coefficient (Wildman–Crippen LogP) is 3.22. The zero-order valence-electron chi connectivity index (χ0n) is 9.75. The Kier molecular flexibility index (Phi) is 2.99. The van der Waals surface area contributed by atoms with Crippen molar-refractivity contribution < 1.29 is 0 Å². The SMILES string of the molecule is ClCc1nncn1Cc1cccc2ccccc12. The van der Waals surface area contributed by atoms with Crippen molar-refractivity contribution in [3.05, 3.63) is 60.2 Å². The molecule has 2 aromatic carbocycles. The smallest absolute Gasteiger partial charge is 0.148 e.